The van der Waals surface area contributed by atoms with Gasteiger partial charge in [0.05, 0.1) is 10.7 Å². The van der Waals surface area contributed by atoms with Crippen LogP contribution < -0.4 is 10.6 Å². The molecule has 0 unspecified atom stereocenters. The van der Waals surface area contributed by atoms with E-state index in [0.717, 1.165) is 41.9 Å². The van der Waals surface area contributed by atoms with Gasteiger partial charge in [-0.25, -0.2) is 4.98 Å². The van der Waals surface area contributed by atoms with Crippen LogP contribution in [-0.4, -0.2) is 24.0 Å². The molecule has 5 heteroatoms. The van der Waals surface area contributed by atoms with Crippen molar-refractivity contribution in [1.82, 2.24) is 10.3 Å². The monoisotopic (exact) mass is 418 g/mol. The lowest BCUT2D eigenvalue weighted by molar-refractivity contribution is 0.651. The van der Waals surface area contributed by atoms with Crippen LogP contribution in [0.3, 0.4) is 0 Å². The average molecular weight is 419 g/mol. The Labute approximate surface area is 183 Å². The number of hydrogen-bond acceptors (Lipinski definition) is 5. The number of nitrogens with one attached hydrogen (secondary N) is 2. The lowest BCUT2D eigenvalue weighted by Crippen LogP contribution is -2.33. The first-order valence-corrected chi connectivity index (χ1v) is 11.6. The van der Waals surface area contributed by atoms with E-state index in [-0.39, 0.29) is 0 Å². The Kier molecular flexibility index (Phi) is 6.48. The van der Waals surface area contributed by atoms with Gasteiger partial charge in [-0.15, -0.1) is 11.3 Å². The number of guanidine groups is 1. The quantitative estimate of drug-likeness (QED) is 0.557. The minimum atomic E-state index is 0.864. The SMILES string of the molecule is Cc1ccc(-c2csc(Cc3cc(C)c(NC4=NCCCCCN4)cc3C)n2)cc1. The van der Waals surface area contributed by atoms with E-state index in [0.29, 0.717) is 0 Å². The Morgan fingerprint density at radius 1 is 1.00 bits per heavy atom. The molecule has 0 spiro atoms. The molecule has 0 fully saturated rings. The number of rotatable bonds is 4. The Balaban J connectivity index is 1.49. The first-order valence-electron chi connectivity index (χ1n) is 10.8. The van der Waals surface area contributed by atoms with Crippen molar-refractivity contribution >= 4 is 23.0 Å². The molecule has 0 aliphatic carbocycles. The summed E-state index contributed by atoms with van der Waals surface area (Å²) in [6.07, 6.45) is 4.49. The molecule has 0 saturated heterocycles. The highest BCUT2D eigenvalue weighted by Crippen LogP contribution is 2.27. The number of aromatic nitrogens is 1. The van der Waals surface area contributed by atoms with Crippen LogP contribution in [-0.2, 0) is 6.42 Å². The highest BCUT2D eigenvalue weighted by molar-refractivity contribution is 7.10. The number of hydrogen-bond donors (Lipinski definition) is 2. The molecule has 3 aromatic rings. The van der Waals surface area contributed by atoms with Crippen LogP contribution >= 0.6 is 11.3 Å². The van der Waals surface area contributed by atoms with Crippen molar-refractivity contribution in [1.29, 1.82) is 0 Å². The largest absolute Gasteiger partial charge is 0.356 e. The fraction of sp³-hybridized carbons (Fsp3) is 0.360. The molecular weight excluding hydrogens is 388 g/mol. The van der Waals surface area contributed by atoms with Gasteiger partial charge in [0.25, 0.3) is 0 Å². The maximum Gasteiger partial charge on any atom is 0.195 e. The standard InChI is InChI=1S/C25H30N4S/c1-17-7-9-20(10-8-17)23-16-30-24(28-23)15-21-13-19(3)22(14-18(21)2)29-25-26-11-5-4-6-12-27-25/h7-10,13-14,16H,4-6,11-12,15H2,1-3H3,(H2,26,27,29). The third kappa shape index (κ3) is 5.08. The van der Waals surface area contributed by atoms with Crippen molar-refractivity contribution in [2.24, 2.45) is 4.99 Å². The predicted molar refractivity (Wildman–Crippen MR) is 129 cm³/mol. The van der Waals surface area contributed by atoms with E-state index in [4.69, 9.17) is 4.98 Å². The molecule has 2 N–H and O–H groups in total. The summed E-state index contributed by atoms with van der Waals surface area (Å²) in [6, 6.07) is 13.1. The molecule has 2 aromatic carbocycles. The Morgan fingerprint density at radius 2 is 1.83 bits per heavy atom. The summed E-state index contributed by atoms with van der Waals surface area (Å²) in [7, 11) is 0. The molecule has 30 heavy (non-hydrogen) atoms. The minimum absolute atomic E-state index is 0.864. The van der Waals surface area contributed by atoms with Crippen molar-refractivity contribution in [3.63, 3.8) is 0 Å². The lowest BCUT2D eigenvalue weighted by Gasteiger charge is -2.18. The summed E-state index contributed by atoms with van der Waals surface area (Å²) in [5, 5.41) is 10.2. The summed E-state index contributed by atoms with van der Waals surface area (Å²) >= 11 is 1.74. The molecule has 4 rings (SSSR count). The van der Waals surface area contributed by atoms with Gasteiger partial charge in [-0.3, -0.25) is 4.99 Å². The number of aryl methyl sites for hydroxylation is 3. The molecule has 0 radical (unpaired) electrons. The van der Waals surface area contributed by atoms with E-state index in [1.54, 1.807) is 11.3 Å². The molecule has 0 bridgehead atoms. The van der Waals surface area contributed by atoms with Crippen LogP contribution in [0.15, 0.2) is 46.8 Å². The van der Waals surface area contributed by atoms with Gasteiger partial charge >= 0.3 is 0 Å². The molecule has 0 saturated carbocycles. The van der Waals surface area contributed by atoms with Crippen molar-refractivity contribution in [3.8, 4) is 11.3 Å². The van der Waals surface area contributed by atoms with Crippen LogP contribution in [0.25, 0.3) is 11.3 Å². The van der Waals surface area contributed by atoms with Gasteiger partial charge in [0.2, 0.25) is 0 Å². The maximum absolute atomic E-state index is 4.89. The number of thiazole rings is 1. The van der Waals surface area contributed by atoms with Gasteiger partial charge in [-0.1, -0.05) is 35.9 Å². The normalized spacial score (nSPS) is 14.4. The van der Waals surface area contributed by atoms with Gasteiger partial charge in [-0.2, -0.15) is 0 Å². The summed E-state index contributed by atoms with van der Waals surface area (Å²) in [6.45, 7) is 8.32. The molecule has 0 amide bonds. The highest BCUT2D eigenvalue weighted by atomic mass is 32.1. The third-order valence-corrected chi connectivity index (χ3v) is 6.42. The number of anilines is 1. The summed E-state index contributed by atoms with van der Waals surface area (Å²) in [5.41, 5.74) is 8.49. The molecule has 0 atom stereocenters. The van der Waals surface area contributed by atoms with E-state index in [2.05, 4.69) is 78.2 Å². The van der Waals surface area contributed by atoms with Crippen LogP contribution in [0, 0.1) is 20.8 Å². The molecule has 1 aliphatic rings. The van der Waals surface area contributed by atoms with E-state index in [9.17, 15) is 0 Å². The topological polar surface area (TPSA) is 49.3 Å². The second-order valence-corrected chi connectivity index (χ2v) is 9.05. The van der Waals surface area contributed by atoms with Crippen LogP contribution in [0.1, 0.15) is 46.5 Å². The second kappa shape index (κ2) is 9.43. The molecular formula is C25H30N4S. The summed E-state index contributed by atoms with van der Waals surface area (Å²) < 4.78 is 0. The molecule has 2 heterocycles. The fourth-order valence-electron chi connectivity index (χ4n) is 3.69. The van der Waals surface area contributed by atoms with Crippen molar-refractivity contribution in [2.45, 2.75) is 46.5 Å². The van der Waals surface area contributed by atoms with Gasteiger partial charge < -0.3 is 10.6 Å². The second-order valence-electron chi connectivity index (χ2n) is 8.11. The minimum Gasteiger partial charge on any atom is -0.356 e. The van der Waals surface area contributed by atoms with Crippen molar-refractivity contribution in [2.75, 3.05) is 18.4 Å². The van der Waals surface area contributed by atoms with E-state index < -0.39 is 0 Å². The van der Waals surface area contributed by atoms with E-state index >= 15 is 0 Å². The zero-order valence-corrected chi connectivity index (χ0v) is 18.9. The first-order chi connectivity index (χ1) is 14.6. The maximum atomic E-state index is 4.89. The number of nitrogens with zero attached hydrogens (tertiary/aromatic N) is 2. The molecule has 156 valence electrons. The number of aliphatic imine (C=N–C) groups is 1. The molecule has 1 aliphatic heterocycles. The summed E-state index contributed by atoms with van der Waals surface area (Å²) in [4.78, 5) is 9.55. The average Bonchev–Trinajstić information content (AvgIpc) is 3.16. The van der Waals surface area contributed by atoms with Crippen LogP contribution in [0.5, 0.6) is 0 Å². The van der Waals surface area contributed by atoms with Gasteiger partial charge in [-0.05, 0) is 62.8 Å². The third-order valence-electron chi connectivity index (χ3n) is 5.57. The van der Waals surface area contributed by atoms with Gasteiger partial charge in [0, 0.05) is 36.1 Å². The molecule has 1 aromatic heterocycles. The van der Waals surface area contributed by atoms with Gasteiger partial charge in [0.1, 0.15) is 0 Å². The number of benzene rings is 2. The lowest BCUT2D eigenvalue weighted by atomic mass is 10.0. The van der Waals surface area contributed by atoms with Gasteiger partial charge in [0.15, 0.2) is 5.96 Å². The zero-order chi connectivity index (χ0) is 20.9. The smallest absolute Gasteiger partial charge is 0.195 e. The van der Waals surface area contributed by atoms with E-state index in [1.165, 1.54) is 47.1 Å². The van der Waals surface area contributed by atoms with Crippen molar-refractivity contribution < 1.29 is 0 Å². The Morgan fingerprint density at radius 3 is 2.67 bits per heavy atom. The first kappa shape index (κ1) is 20.6. The van der Waals surface area contributed by atoms with Crippen molar-refractivity contribution in [3.05, 3.63) is 69.0 Å². The Bertz CT molecular complexity index is 1030. The molecule has 4 nitrogen and oxygen atoms in total. The van der Waals surface area contributed by atoms with Crippen LogP contribution in [0.4, 0.5) is 5.69 Å². The predicted octanol–water partition coefficient (Wildman–Crippen LogP) is 5.87. The highest BCUT2D eigenvalue weighted by Gasteiger charge is 2.11. The zero-order valence-electron chi connectivity index (χ0n) is 18.1. The summed E-state index contributed by atoms with van der Waals surface area (Å²) in [5.74, 6) is 0.896. The fourth-order valence-corrected chi connectivity index (χ4v) is 4.52. The van der Waals surface area contributed by atoms with Crippen LogP contribution in [0.2, 0.25) is 0 Å². The van der Waals surface area contributed by atoms with E-state index in [1.807, 2.05) is 0 Å². The Hall–Kier alpha value is -2.66.